The van der Waals surface area contributed by atoms with E-state index >= 15 is 0 Å². The molecule has 166 valence electrons. The van der Waals surface area contributed by atoms with Gasteiger partial charge in [-0.1, -0.05) is 0 Å². The fourth-order valence-electron chi connectivity index (χ4n) is 2.65. The topological polar surface area (TPSA) is 76.9 Å². The quantitative estimate of drug-likeness (QED) is 0.695. The number of hydrogen-bond donors (Lipinski definition) is 0. The average molecular weight is 419 g/mol. The molecule has 0 radical (unpaired) electrons. The van der Waals surface area contributed by atoms with E-state index in [1.54, 1.807) is 25.2 Å². The van der Waals surface area contributed by atoms with Crippen LogP contribution in [0.15, 0.2) is 18.2 Å². The molecule has 0 aliphatic rings. The molecule has 1 heterocycles. The van der Waals surface area contributed by atoms with E-state index < -0.39 is 23.4 Å². The lowest BCUT2D eigenvalue weighted by Gasteiger charge is -2.25. The van der Waals surface area contributed by atoms with Gasteiger partial charge in [0.25, 0.3) is 0 Å². The van der Waals surface area contributed by atoms with Gasteiger partial charge in [0.05, 0.1) is 11.0 Å². The van der Waals surface area contributed by atoms with E-state index in [-0.39, 0.29) is 6.04 Å². The van der Waals surface area contributed by atoms with Gasteiger partial charge in [-0.25, -0.2) is 19.1 Å². The highest BCUT2D eigenvalue weighted by atomic mass is 16.6. The van der Waals surface area contributed by atoms with Gasteiger partial charge in [-0.15, -0.1) is 0 Å². The lowest BCUT2D eigenvalue weighted by molar-refractivity contribution is 0.0543. The zero-order chi connectivity index (χ0) is 23.0. The summed E-state index contributed by atoms with van der Waals surface area (Å²) in [5.41, 5.74) is 0.497. The first-order chi connectivity index (χ1) is 13.6. The van der Waals surface area contributed by atoms with Gasteiger partial charge in [0.2, 0.25) is 5.95 Å². The first kappa shape index (κ1) is 23.5. The van der Waals surface area contributed by atoms with E-state index in [2.05, 4.69) is 4.98 Å². The Balaban J connectivity index is 2.59. The Morgan fingerprint density at radius 3 is 2.07 bits per heavy atom. The summed E-state index contributed by atoms with van der Waals surface area (Å²) in [6.07, 6.45) is -1.01. The highest BCUT2D eigenvalue weighted by molar-refractivity contribution is 5.95. The molecule has 8 heteroatoms. The third kappa shape index (κ3) is 5.43. The fourth-order valence-corrected chi connectivity index (χ4v) is 2.65. The largest absolute Gasteiger partial charge is 0.443 e. The summed E-state index contributed by atoms with van der Waals surface area (Å²) in [7, 11) is 3.51. The zero-order valence-corrected chi connectivity index (χ0v) is 19.7. The van der Waals surface area contributed by atoms with Crippen LogP contribution < -0.4 is 9.80 Å². The summed E-state index contributed by atoms with van der Waals surface area (Å²) in [5.74, 6) is 0.478. The third-order valence-corrected chi connectivity index (χ3v) is 4.34. The lowest BCUT2D eigenvalue weighted by Crippen LogP contribution is -2.34. The number of rotatable bonds is 3. The Hall–Kier alpha value is -2.77. The summed E-state index contributed by atoms with van der Waals surface area (Å²) in [5, 5.41) is 0. The van der Waals surface area contributed by atoms with E-state index in [1.165, 1.54) is 9.47 Å². The van der Waals surface area contributed by atoms with Crippen LogP contribution in [0.4, 0.5) is 21.2 Å². The van der Waals surface area contributed by atoms with Crippen molar-refractivity contribution in [3.8, 4) is 0 Å². The predicted molar refractivity (Wildman–Crippen MR) is 120 cm³/mol. The van der Waals surface area contributed by atoms with Gasteiger partial charge in [0.15, 0.2) is 0 Å². The molecule has 0 saturated carbocycles. The van der Waals surface area contributed by atoms with Crippen molar-refractivity contribution in [3.63, 3.8) is 0 Å². The highest BCUT2D eigenvalue weighted by Crippen LogP contribution is 2.29. The predicted octanol–water partition coefficient (Wildman–Crippen LogP) is 5.04. The van der Waals surface area contributed by atoms with Crippen molar-refractivity contribution < 1.29 is 19.1 Å². The van der Waals surface area contributed by atoms with Gasteiger partial charge in [-0.05, 0) is 73.6 Å². The third-order valence-electron chi connectivity index (χ3n) is 4.34. The van der Waals surface area contributed by atoms with Crippen LogP contribution in [0.5, 0.6) is 0 Å². The number of carbonyl (C=O) groups excluding carboxylic acids is 2. The van der Waals surface area contributed by atoms with Crippen LogP contribution in [0.3, 0.4) is 0 Å². The molecule has 0 atom stereocenters. The number of fused-ring (bicyclic) bond motifs is 1. The van der Waals surface area contributed by atoms with Crippen molar-refractivity contribution in [2.24, 2.45) is 0 Å². The number of aromatic nitrogens is 2. The molecule has 0 N–H and O–H groups in total. The van der Waals surface area contributed by atoms with Gasteiger partial charge in [0, 0.05) is 25.8 Å². The average Bonchev–Trinajstić information content (AvgIpc) is 2.95. The number of nitrogens with zero attached hydrogens (tertiary/aromatic N) is 4. The fraction of sp³-hybridized carbons (Fsp3) is 0.591. The molecule has 2 aromatic rings. The Morgan fingerprint density at radius 2 is 1.57 bits per heavy atom. The molecule has 0 bridgehead atoms. The Kier molecular flexibility index (Phi) is 6.40. The second-order valence-electron chi connectivity index (χ2n) is 9.64. The lowest BCUT2D eigenvalue weighted by atomic mass is 10.2. The molecule has 8 nitrogen and oxygen atoms in total. The smallest absolute Gasteiger partial charge is 0.421 e. The molecule has 0 fully saturated rings. The second kappa shape index (κ2) is 8.16. The number of carbonyl (C=O) groups is 2. The van der Waals surface area contributed by atoms with Gasteiger partial charge in [-0.3, -0.25) is 4.90 Å². The van der Waals surface area contributed by atoms with Crippen LogP contribution in [0.25, 0.3) is 11.0 Å². The van der Waals surface area contributed by atoms with Crippen molar-refractivity contribution in [3.05, 3.63) is 18.2 Å². The van der Waals surface area contributed by atoms with E-state index in [1.807, 2.05) is 67.3 Å². The summed E-state index contributed by atoms with van der Waals surface area (Å²) < 4.78 is 12.5. The highest BCUT2D eigenvalue weighted by Gasteiger charge is 2.27. The minimum absolute atomic E-state index is 0.118. The Morgan fingerprint density at radius 1 is 1.00 bits per heavy atom. The number of hydrogen-bond acceptors (Lipinski definition) is 6. The van der Waals surface area contributed by atoms with Crippen LogP contribution in [-0.4, -0.2) is 53.1 Å². The number of anilines is 2. The second-order valence-corrected chi connectivity index (χ2v) is 9.64. The van der Waals surface area contributed by atoms with Crippen molar-refractivity contribution in [1.82, 2.24) is 9.55 Å². The molecule has 2 rings (SSSR count). The summed E-state index contributed by atoms with van der Waals surface area (Å²) in [6, 6.07) is 5.42. The van der Waals surface area contributed by atoms with Crippen LogP contribution in [0, 0.1) is 0 Å². The molecule has 0 saturated heterocycles. The molecule has 0 aliphatic heterocycles. The molecule has 1 amide bonds. The van der Waals surface area contributed by atoms with Crippen molar-refractivity contribution >= 4 is 34.9 Å². The minimum Gasteiger partial charge on any atom is -0.443 e. The number of ether oxygens (including phenoxy) is 2. The van der Waals surface area contributed by atoms with Gasteiger partial charge in [-0.2, -0.15) is 0 Å². The SMILES string of the molecule is CC(C)N(C)c1nc2ccc(N(C)C(=O)OC(C)(C)C)cc2n1C(=O)OC(C)(C)C. The van der Waals surface area contributed by atoms with Crippen LogP contribution in [-0.2, 0) is 9.47 Å². The van der Waals surface area contributed by atoms with Gasteiger partial charge < -0.3 is 14.4 Å². The molecule has 1 aromatic heterocycles. The molecular formula is C22H34N4O4. The summed E-state index contributed by atoms with van der Waals surface area (Å²) in [4.78, 5) is 33.5. The molecule has 0 unspecified atom stereocenters. The monoisotopic (exact) mass is 418 g/mol. The Bertz CT molecular complexity index is 935. The van der Waals surface area contributed by atoms with E-state index in [9.17, 15) is 9.59 Å². The molecule has 1 aromatic carbocycles. The molecule has 0 spiro atoms. The van der Waals surface area contributed by atoms with E-state index in [0.717, 1.165) is 0 Å². The zero-order valence-electron chi connectivity index (χ0n) is 19.7. The van der Waals surface area contributed by atoms with Crippen LogP contribution >= 0.6 is 0 Å². The van der Waals surface area contributed by atoms with Crippen LogP contribution in [0.2, 0.25) is 0 Å². The van der Waals surface area contributed by atoms with Crippen molar-refractivity contribution in [1.29, 1.82) is 0 Å². The maximum Gasteiger partial charge on any atom is 0.421 e. The number of benzene rings is 1. The van der Waals surface area contributed by atoms with Crippen molar-refractivity contribution in [2.45, 2.75) is 72.6 Å². The summed E-state index contributed by atoms with van der Waals surface area (Å²) >= 11 is 0. The van der Waals surface area contributed by atoms with E-state index in [0.29, 0.717) is 22.7 Å². The standard InChI is InChI=1S/C22H34N4O4/c1-14(2)24(9)18-23-16-12-11-15(25(10)19(27)29-21(3,4)5)13-17(16)26(18)20(28)30-22(6,7)8/h11-14H,1-10H3. The van der Waals surface area contributed by atoms with Crippen LogP contribution in [0.1, 0.15) is 55.4 Å². The first-order valence-electron chi connectivity index (χ1n) is 10.1. The number of imidazole rings is 1. The molecular weight excluding hydrogens is 384 g/mol. The van der Waals surface area contributed by atoms with Gasteiger partial charge in [0.1, 0.15) is 11.2 Å². The molecule has 0 aliphatic carbocycles. The molecule has 30 heavy (non-hydrogen) atoms. The minimum atomic E-state index is -0.660. The van der Waals surface area contributed by atoms with Gasteiger partial charge >= 0.3 is 12.2 Å². The normalized spacial score (nSPS) is 12.2. The summed E-state index contributed by atoms with van der Waals surface area (Å²) in [6.45, 7) is 14.9. The maximum atomic E-state index is 13.1. The Labute approximate surface area is 178 Å². The van der Waals surface area contributed by atoms with E-state index in [4.69, 9.17) is 9.47 Å². The first-order valence-corrected chi connectivity index (χ1v) is 10.1. The maximum absolute atomic E-state index is 13.1. The number of amides is 1. The van der Waals surface area contributed by atoms with Crippen molar-refractivity contribution in [2.75, 3.05) is 23.9 Å².